The second-order valence-electron chi connectivity index (χ2n) is 1.81. The van der Waals surface area contributed by atoms with Crippen LogP contribution in [0.15, 0.2) is 10.5 Å². The quantitative estimate of drug-likeness (QED) is 0.359. The van der Waals surface area contributed by atoms with Crippen LogP contribution in [0.2, 0.25) is 0 Å². The van der Waals surface area contributed by atoms with E-state index in [4.69, 9.17) is 26.7 Å². The summed E-state index contributed by atoms with van der Waals surface area (Å²) >= 11 is 0. The number of nitrogen functional groups attached to an aromatic ring is 2. The van der Waals surface area contributed by atoms with Crippen molar-refractivity contribution in [1.29, 1.82) is 0 Å². The number of hydrogen-bond donors (Lipinski definition) is 4. The Morgan fingerprint density at radius 1 is 1.21 bits per heavy atom. The first-order chi connectivity index (χ1) is 6.56. The molecule has 0 fully saturated rings. The van der Waals surface area contributed by atoms with E-state index in [1.54, 1.807) is 0 Å². The van der Waals surface area contributed by atoms with Crippen molar-refractivity contribution in [3.63, 3.8) is 0 Å². The summed E-state index contributed by atoms with van der Waals surface area (Å²) in [7, 11) is 0. The van der Waals surface area contributed by atoms with Gasteiger partial charge < -0.3 is 21.8 Å². The fraction of sp³-hybridized carbons (Fsp3) is 0. The largest absolute Gasteiger partial charge is 0.491 e. The zero-order valence-electron chi connectivity index (χ0n) is 6.65. The third-order valence-electron chi connectivity index (χ3n) is 1.00. The Bertz CT molecular complexity index is 318. The first-order valence-electron chi connectivity index (χ1n) is 2.98. The van der Waals surface area contributed by atoms with Crippen LogP contribution in [0.1, 0.15) is 0 Å². The fourth-order valence-electron chi connectivity index (χ4n) is 0.565. The molecule has 0 atom stereocenters. The third-order valence-corrected chi connectivity index (χ3v) is 1.00. The molecule has 0 unspecified atom stereocenters. The first kappa shape index (κ1) is 11.5. The van der Waals surface area contributed by atoms with Gasteiger partial charge in [0, 0.05) is 0 Å². The van der Waals surface area contributed by atoms with E-state index in [-0.39, 0.29) is 17.5 Å². The lowest BCUT2D eigenvalue weighted by Crippen LogP contribution is -1.99. The SMILES string of the molecule is Nc1nc(N)c(N=O)c(O)n1.O=NO. The highest BCUT2D eigenvalue weighted by Gasteiger charge is 2.09. The molecule has 1 rings (SSSR count). The van der Waals surface area contributed by atoms with Crippen LogP contribution in [-0.2, 0) is 0 Å². The number of nitrogens with zero attached hydrogens (tertiary/aromatic N) is 4. The molecule has 0 aliphatic heterocycles. The molecule has 0 saturated heterocycles. The highest BCUT2D eigenvalue weighted by atomic mass is 16.6. The molecule has 14 heavy (non-hydrogen) atoms. The van der Waals surface area contributed by atoms with Gasteiger partial charge in [0.2, 0.25) is 17.5 Å². The van der Waals surface area contributed by atoms with E-state index in [1.165, 1.54) is 5.34 Å². The van der Waals surface area contributed by atoms with E-state index in [9.17, 15) is 4.91 Å². The molecule has 0 aliphatic carbocycles. The first-order valence-corrected chi connectivity index (χ1v) is 2.98. The minimum absolute atomic E-state index is 0.201. The van der Waals surface area contributed by atoms with Gasteiger partial charge in [-0.05, 0) is 5.18 Å². The van der Waals surface area contributed by atoms with Crippen molar-refractivity contribution in [2.45, 2.75) is 0 Å². The van der Waals surface area contributed by atoms with Gasteiger partial charge in [0.15, 0.2) is 11.2 Å². The van der Waals surface area contributed by atoms with Gasteiger partial charge in [-0.3, -0.25) is 0 Å². The molecular weight excluding hydrogens is 196 g/mol. The number of nitroso groups, excluding NO2 is 1. The molecular formula is C4H6N6O4. The van der Waals surface area contributed by atoms with Gasteiger partial charge in [-0.1, -0.05) is 0 Å². The molecule has 1 heterocycles. The van der Waals surface area contributed by atoms with E-state index >= 15 is 0 Å². The molecule has 1 aromatic heterocycles. The second kappa shape index (κ2) is 5.18. The highest BCUT2D eigenvalue weighted by molar-refractivity contribution is 5.64. The maximum absolute atomic E-state index is 9.95. The molecule has 0 spiro atoms. The molecule has 0 amide bonds. The molecule has 0 radical (unpaired) electrons. The highest BCUT2D eigenvalue weighted by Crippen LogP contribution is 2.28. The summed E-state index contributed by atoms with van der Waals surface area (Å²) in [5, 5.41) is 19.2. The van der Waals surface area contributed by atoms with Gasteiger partial charge in [-0.25, -0.2) is 0 Å². The van der Waals surface area contributed by atoms with E-state index in [1.807, 2.05) is 0 Å². The summed E-state index contributed by atoms with van der Waals surface area (Å²) in [6, 6.07) is 0. The van der Waals surface area contributed by atoms with Gasteiger partial charge in [-0.2, -0.15) is 9.97 Å². The molecule has 10 heteroatoms. The normalized spacial score (nSPS) is 8.29. The molecule has 76 valence electrons. The molecule has 0 saturated carbocycles. The third kappa shape index (κ3) is 2.84. The van der Waals surface area contributed by atoms with Crippen LogP contribution in [0.4, 0.5) is 17.5 Å². The summed E-state index contributed by atoms with van der Waals surface area (Å²) in [4.78, 5) is 24.7. The minimum Gasteiger partial charge on any atom is -0.491 e. The Balaban J connectivity index is 0.000000500. The van der Waals surface area contributed by atoms with E-state index in [0.717, 1.165) is 0 Å². The van der Waals surface area contributed by atoms with Crippen molar-refractivity contribution in [3.8, 4) is 5.88 Å². The van der Waals surface area contributed by atoms with Gasteiger partial charge in [0.1, 0.15) is 0 Å². The number of anilines is 2. The topological polar surface area (TPSA) is 177 Å². The molecule has 0 bridgehead atoms. The number of aromatic nitrogens is 2. The summed E-state index contributed by atoms with van der Waals surface area (Å²) in [5.74, 6) is -1.04. The summed E-state index contributed by atoms with van der Waals surface area (Å²) < 4.78 is 0. The average molecular weight is 202 g/mol. The Morgan fingerprint density at radius 3 is 2.07 bits per heavy atom. The maximum atomic E-state index is 9.95. The van der Waals surface area contributed by atoms with Crippen LogP contribution in [-0.4, -0.2) is 20.3 Å². The molecule has 10 nitrogen and oxygen atoms in total. The van der Waals surface area contributed by atoms with Crippen molar-refractivity contribution in [2.24, 2.45) is 10.5 Å². The summed E-state index contributed by atoms with van der Waals surface area (Å²) in [5.41, 5.74) is 9.84. The molecule has 0 aliphatic rings. The van der Waals surface area contributed by atoms with Crippen molar-refractivity contribution in [3.05, 3.63) is 9.81 Å². The van der Waals surface area contributed by atoms with Gasteiger partial charge in [0.25, 0.3) is 0 Å². The van der Waals surface area contributed by atoms with Crippen LogP contribution in [0.3, 0.4) is 0 Å². The van der Waals surface area contributed by atoms with E-state index < -0.39 is 5.88 Å². The lowest BCUT2D eigenvalue weighted by Gasteiger charge is -1.98. The number of nitrogens with two attached hydrogens (primary N) is 2. The van der Waals surface area contributed by atoms with Crippen LogP contribution < -0.4 is 11.5 Å². The van der Waals surface area contributed by atoms with E-state index in [0.29, 0.717) is 0 Å². The van der Waals surface area contributed by atoms with Crippen molar-refractivity contribution >= 4 is 17.5 Å². The number of aromatic hydroxyl groups is 1. The van der Waals surface area contributed by atoms with E-state index in [2.05, 4.69) is 15.1 Å². The maximum Gasteiger partial charge on any atom is 0.248 e. The predicted molar refractivity (Wildman–Crippen MR) is 45.6 cm³/mol. The zero-order valence-corrected chi connectivity index (χ0v) is 6.65. The molecule has 1 aromatic rings. The second-order valence-corrected chi connectivity index (χ2v) is 1.81. The lowest BCUT2D eigenvalue weighted by atomic mass is 10.5. The minimum atomic E-state index is -0.606. The summed E-state index contributed by atoms with van der Waals surface area (Å²) in [6.07, 6.45) is 0. The van der Waals surface area contributed by atoms with Crippen LogP contribution in [0.25, 0.3) is 0 Å². The van der Waals surface area contributed by atoms with Crippen molar-refractivity contribution in [2.75, 3.05) is 11.5 Å². The molecule has 6 N–H and O–H groups in total. The Morgan fingerprint density at radius 2 is 1.71 bits per heavy atom. The Kier molecular flexibility index (Phi) is 4.25. The Hall–Kier alpha value is -2.52. The molecule has 0 aromatic carbocycles. The van der Waals surface area contributed by atoms with Crippen LogP contribution >= 0.6 is 0 Å². The van der Waals surface area contributed by atoms with Crippen molar-refractivity contribution in [1.82, 2.24) is 9.97 Å². The fourth-order valence-corrected chi connectivity index (χ4v) is 0.565. The standard InChI is InChI=1S/C4H5N5O2.HNO2/c5-2-1(9-11)3(10)8-4(6)7-2;2-1-3/h(H5,5,6,7,8,10);(H,2,3). The smallest absolute Gasteiger partial charge is 0.248 e. The van der Waals surface area contributed by atoms with Crippen LogP contribution in [0, 0.1) is 9.81 Å². The van der Waals surface area contributed by atoms with Gasteiger partial charge >= 0.3 is 0 Å². The van der Waals surface area contributed by atoms with Crippen molar-refractivity contribution < 1.29 is 10.3 Å². The van der Waals surface area contributed by atoms with Gasteiger partial charge in [-0.15, -0.1) is 9.81 Å². The number of rotatable bonds is 1. The Labute approximate surface area is 76.5 Å². The lowest BCUT2D eigenvalue weighted by molar-refractivity contribution is 0.312. The number of hydrogen-bond acceptors (Lipinski definition) is 9. The van der Waals surface area contributed by atoms with Gasteiger partial charge in [0.05, 0.1) is 0 Å². The predicted octanol–water partition coefficient (Wildman–Crippen LogP) is -0.114. The monoisotopic (exact) mass is 202 g/mol. The average Bonchev–Trinajstić information content (AvgIpc) is 2.04. The van der Waals surface area contributed by atoms with Crippen LogP contribution in [0.5, 0.6) is 5.88 Å². The zero-order chi connectivity index (χ0) is 11.1. The summed E-state index contributed by atoms with van der Waals surface area (Å²) in [6.45, 7) is 0.